The van der Waals surface area contributed by atoms with Gasteiger partial charge in [0.2, 0.25) is 0 Å². The molecule has 0 saturated carbocycles. The monoisotopic (exact) mass is 254 g/mol. The van der Waals surface area contributed by atoms with Crippen molar-refractivity contribution in [3.8, 4) is 0 Å². The zero-order chi connectivity index (χ0) is 13.3. The van der Waals surface area contributed by atoms with Gasteiger partial charge in [-0.1, -0.05) is 6.92 Å². The van der Waals surface area contributed by atoms with Crippen molar-refractivity contribution in [3.63, 3.8) is 0 Å². The van der Waals surface area contributed by atoms with Gasteiger partial charge in [-0.15, -0.1) is 0 Å². The van der Waals surface area contributed by atoms with Gasteiger partial charge in [0.25, 0.3) is 0 Å². The Morgan fingerprint density at radius 2 is 2.33 bits per heavy atom. The normalized spacial score (nSPS) is 24.1. The van der Waals surface area contributed by atoms with Crippen LogP contribution in [-0.2, 0) is 0 Å². The minimum atomic E-state index is -1.32. The van der Waals surface area contributed by atoms with Gasteiger partial charge >= 0.3 is 5.97 Å². The lowest BCUT2D eigenvalue weighted by molar-refractivity contribution is 0.0691. The van der Waals surface area contributed by atoms with Crippen LogP contribution in [0, 0.1) is 11.7 Å². The molecular weight excluding hydrogens is 239 g/mol. The Bertz CT molecular complexity index is 467. The molecule has 1 saturated heterocycles. The summed E-state index contributed by atoms with van der Waals surface area (Å²) in [7, 11) is 0. The maximum absolute atomic E-state index is 14.0. The molecule has 2 heterocycles. The van der Waals surface area contributed by atoms with Crippen LogP contribution in [0.2, 0.25) is 0 Å². The minimum absolute atomic E-state index is 0.000787. The lowest BCUT2D eigenvalue weighted by Crippen LogP contribution is -2.43. The molecule has 18 heavy (non-hydrogen) atoms. The second-order valence-corrected chi connectivity index (χ2v) is 4.58. The highest BCUT2D eigenvalue weighted by atomic mass is 19.1. The number of aliphatic hydroxyl groups is 1. The lowest BCUT2D eigenvalue weighted by Gasteiger charge is -2.35. The summed E-state index contributed by atoms with van der Waals surface area (Å²) in [5.74, 6) is -2.00. The molecule has 0 spiro atoms. The van der Waals surface area contributed by atoms with E-state index in [4.69, 9.17) is 5.11 Å². The first kappa shape index (κ1) is 12.8. The predicted octanol–water partition coefficient (Wildman–Crippen LogP) is 1.13. The molecule has 2 rings (SSSR count). The number of aromatic carboxylic acids is 1. The van der Waals surface area contributed by atoms with Crippen LogP contribution in [0.4, 0.5) is 10.2 Å². The first-order chi connectivity index (χ1) is 8.50. The van der Waals surface area contributed by atoms with Crippen LogP contribution in [0.1, 0.15) is 23.7 Å². The number of aromatic nitrogens is 1. The molecule has 0 amide bonds. The summed E-state index contributed by atoms with van der Waals surface area (Å²) in [4.78, 5) is 16.3. The fraction of sp³-hybridized carbons (Fsp3) is 0.500. The van der Waals surface area contributed by atoms with E-state index in [0.717, 1.165) is 12.5 Å². The molecule has 1 aliphatic rings. The third kappa shape index (κ3) is 2.28. The highest BCUT2D eigenvalue weighted by Crippen LogP contribution is 2.25. The van der Waals surface area contributed by atoms with Crippen molar-refractivity contribution < 1.29 is 19.4 Å². The van der Waals surface area contributed by atoms with Gasteiger partial charge in [-0.2, -0.15) is 0 Å². The second-order valence-electron chi connectivity index (χ2n) is 4.58. The highest BCUT2D eigenvalue weighted by molar-refractivity contribution is 5.88. The van der Waals surface area contributed by atoms with Gasteiger partial charge in [0.15, 0.2) is 11.6 Å². The zero-order valence-corrected chi connectivity index (χ0v) is 10.0. The number of carboxylic acids is 1. The van der Waals surface area contributed by atoms with Crippen LogP contribution in [0.5, 0.6) is 0 Å². The zero-order valence-electron chi connectivity index (χ0n) is 10.0. The van der Waals surface area contributed by atoms with Gasteiger partial charge < -0.3 is 15.1 Å². The van der Waals surface area contributed by atoms with Crippen molar-refractivity contribution in [2.45, 2.75) is 19.4 Å². The number of aliphatic hydroxyl groups excluding tert-OH is 1. The molecule has 2 unspecified atom stereocenters. The number of halogens is 1. The number of rotatable bonds is 2. The van der Waals surface area contributed by atoms with Crippen LogP contribution >= 0.6 is 0 Å². The van der Waals surface area contributed by atoms with Crippen LogP contribution in [0.25, 0.3) is 0 Å². The first-order valence-corrected chi connectivity index (χ1v) is 5.81. The van der Waals surface area contributed by atoms with Gasteiger partial charge in [0, 0.05) is 19.3 Å². The number of hydrogen-bond acceptors (Lipinski definition) is 4. The van der Waals surface area contributed by atoms with Crippen molar-refractivity contribution >= 4 is 11.8 Å². The number of nitrogens with zero attached hydrogens (tertiary/aromatic N) is 2. The molecule has 1 aromatic rings. The number of β-amino-alcohol motifs (C(OH)–C–C–N with tert-alkyl or cyclic N) is 1. The number of piperidine rings is 1. The van der Waals surface area contributed by atoms with Gasteiger partial charge in [-0.05, 0) is 18.4 Å². The van der Waals surface area contributed by atoms with Crippen molar-refractivity contribution in [2.75, 3.05) is 18.0 Å². The summed E-state index contributed by atoms with van der Waals surface area (Å²) in [6, 6.07) is 1.13. The smallest absolute Gasteiger partial charge is 0.338 e. The quantitative estimate of drug-likeness (QED) is 0.827. The minimum Gasteiger partial charge on any atom is -0.478 e. The summed E-state index contributed by atoms with van der Waals surface area (Å²) in [6.07, 6.45) is 1.44. The highest BCUT2D eigenvalue weighted by Gasteiger charge is 2.28. The Labute approximate surface area is 104 Å². The molecular formula is C12H15FN2O3. The molecule has 1 aromatic heterocycles. The van der Waals surface area contributed by atoms with E-state index in [2.05, 4.69) is 4.98 Å². The molecule has 98 valence electrons. The Hall–Kier alpha value is -1.69. The van der Waals surface area contributed by atoms with Crippen LogP contribution < -0.4 is 4.90 Å². The van der Waals surface area contributed by atoms with Crippen molar-refractivity contribution in [1.82, 2.24) is 4.98 Å². The standard InChI is InChI=1S/C12H15FN2O3/c1-7-3-5-15(6-9(7)16)11-10(13)8(12(17)18)2-4-14-11/h2,4,7,9,16H,3,5-6H2,1H3,(H,17,18). The summed E-state index contributed by atoms with van der Waals surface area (Å²) in [5, 5.41) is 18.6. The summed E-state index contributed by atoms with van der Waals surface area (Å²) in [6.45, 7) is 2.76. The van der Waals surface area contributed by atoms with Crippen LogP contribution in [-0.4, -0.2) is 40.4 Å². The maximum Gasteiger partial charge on any atom is 0.338 e. The van der Waals surface area contributed by atoms with E-state index < -0.39 is 23.5 Å². The van der Waals surface area contributed by atoms with E-state index in [0.29, 0.717) is 6.54 Å². The summed E-state index contributed by atoms with van der Waals surface area (Å²) >= 11 is 0. The average molecular weight is 254 g/mol. The fourth-order valence-electron chi connectivity index (χ4n) is 2.06. The van der Waals surface area contributed by atoms with Gasteiger partial charge in [0.05, 0.1) is 6.10 Å². The number of carboxylic acid groups (broad SMARTS) is 1. The SMILES string of the molecule is CC1CCN(c2nccc(C(=O)O)c2F)CC1O. The van der Waals surface area contributed by atoms with E-state index in [1.54, 1.807) is 4.90 Å². The molecule has 6 heteroatoms. The third-order valence-electron chi connectivity index (χ3n) is 3.32. The van der Waals surface area contributed by atoms with Gasteiger partial charge in [0.1, 0.15) is 5.56 Å². The van der Waals surface area contributed by atoms with E-state index >= 15 is 0 Å². The molecule has 2 N–H and O–H groups in total. The fourth-order valence-corrected chi connectivity index (χ4v) is 2.06. The Morgan fingerprint density at radius 3 is 2.94 bits per heavy atom. The third-order valence-corrected chi connectivity index (χ3v) is 3.32. The molecule has 5 nitrogen and oxygen atoms in total. The molecule has 0 aromatic carbocycles. The molecule has 1 aliphatic heterocycles. The van der Waals surface area contributed by atoms with E-state index in [9.17, 15) is 14.3 Å². The number of hydrogen-bond donors (Lipinski definition) is 2. The number of carbonyl (C=O) groups is 1. The summed E-state index contributed by atoms with van der Waals surface area (Å²) in [5.41, 5.74) is -0.395. The van der Waals surface area contributed by atoms with Crippen molar-refractivity contribution in [2.24, 2.45) is 5.92 Å². The van der Waals surface area contributed by atoms with E-state index in [-0.39, 0.29) is 18.3 Å². The van der Waals surface area contributed by atoms with Crippen LogP contribution in [0.15, 0.2) is 12.3 Å². The topological polar surface area (TPSA) is 73.7 Å². The average Bonchev–Trinajstić information content (AvgIpc) is 2.33. The second kappa shape index (κ2) is 4.89. The predicted molar refractivity (Wildman–Crippen MR) is 63.2 cm³/mol. The molecule has 0 radical (unpaired) electrons. The Morgan fingerprint density at radius 1 is 1.61 bits per heavy atom. The lowest BCUT2D eigenvalue weighted by atomic mass is 9.96. The van der Waals surface area contributed by atoms with Crippen molar-refractivity contribution in [3.05, 3.63) is 23.6 Å². The van der Waals surface area contributed by atoms with Gasteiger partial charge in [-0.25, -0.2) is 14.2 Å². The summed E-state index contributed by atoms with van der Waals surface area (Å²) < 4.78 is 14.0. The van der Waals surface area contributed by atoms with Gasteiger partial charge in [-0.3, -0.25) is 0 Å². The van der Waals surface area contributed by atoms with Crippen LogP contribution in [0.3, 0.4) is 0 Å². The number of anilines is 1. The van der Waals surface area contributed by atoms with Crippen molar-refractivity contribution in [1.29, 1.82) is 0 Å². The Kier molecular flexibility index (Phi) is 3.47. The Balaban J connectivity index is 2.29. The largest absolute Gasteiger partial charge is 0.478 e. The van der Waals surface area contributed by atoms with E-state index in [1.807, 2.05) is 6.92 Å². The molecule has 1 fully saturated rings. The molecule has 2 atom stereocenters. The number of pyridine rings is 1. The first-order valence-electron chi connectivity index (χ1n) is 5.81. The molecule has 0 bridgehead atoms. The van der Waals surface area contributed by atoms with E-state index in [1.165, 1.54) is 6.20 Å². The maximum atomic E-state index is 14.0. The molecule has 0 aliphatic carbocycles.